The van der Waals surface area contributed by atoms with E-state index in [4.69, 9.17) is 27.9 Å². The summed E-state index contributed by atoms with van der Waals surface area (Å²) in [4.78, 5) is 22.5. The van der Waals surface area contributed by atoms with Crippen LogP contribution in [0, 0.1) is 10.1 Å². The van der Waals surface area contributed by atoms with E-state index in [9.17, 15) is 23.3 Å². The summed E-state index contributed by atoms with van der Waals surface area (Å²) in [6.45, 7) is 3.22. The molecule has 0 aliphatic heterocycles. The van der Waals surface area contributed by atoms with Crippen molar-refractivity contribution in [2.45, 2.75) is 18.7 Å². The summed E-state index contributed by atoms with van der Waals surface area (Å²) < 4.78 is 31.6. The molecule has 0 aliphatic rings. The first-order valence-corrected chi connectivity index (χ1v) is 10.9. The van der Waals surface area contributed by atoms with Gasteiger partial charge >= 0.3 is 5.69 Å². The van der Waals surface area contributed by atoms with Gasteiger partial charge in [-0.25, -0.2) is 8.42 Å². The van der Waals surface area contributed by atoms with Crippen molar-refractivity contribution >= 4 is 50.5 Å². The predicted molar refractivity (Wildman–Crippen MR) is 114 cm³/mol. The Morgan fingerprint density at radius 2 is 1.73 bits per heavy atom. The zero-order valence-corrected chi connectivity index (χ0v) is 18.4. The molecule has 0 spiro atoms. The summed E-state index contributed by atoms with van der Waals surface area (Å²) >= 11 is 11.7. The van der Waals surface area contributed by atoms with Gasteiger partial charge in [0.2, 0.25) is 10.0 Å². The van der Waals surface area contributed by atoms with Crippen LogP contribution in [0.25, 0.3) is 0 Å². The monoisotopic (exact) mass is 475 g/mol. The molecule has 0 radical (unpaired) electrons. The third kappa shape index (κ3) is 5.82. The molecule has 0 bridgehead atoms. The second-order valence-corrected chi connectivity index (χ2v) is 8.78. The number of nitro benzene ring substituents is 1. The highest BCUT2D eigenvalue weighted by Gasteiger charge is 2.26. The SMILES string of the molecule is CCN(CC)S(=O)(=O)c1ccc(OCC(=O)Nc2cc(Cl)cc(Cl)c2)c([N+](=O)[O-])c1. The first-order chi connectivity index (χ1) is 14.1. The molecule has 1 N–H and O–H groups in total. The molecular weight excluding hydrogens is 457 g/mol. The zero-order chi connectivity index (χ0) is 22.5. The van der Waals surface area contributed by atoms with Gasteiger partial charge in [0.15, 0.2) is 12.4 Å². The Kier molecular flexibility index (Phi) is 8.02. The number of amides is 1. The first kappa shape index (κ1) is 23.9. The molecule has 1 amide bonds. The number of carbonyl (C=O) groups excluding carboxylic acids is 1. The van der Waals surface area contributed by atoms with Crippen LogP contribution in [-0.4, -0.2) is 43.2 Å². The van der Waals surface area contributed by atoms with Gasteiger partial charge in [-0.2, -0.15) is 4.31 Å². The van der Waals surface area contributed by atoms with Gasteiger partial charge in [0.05, 0.1) is 9.82 Å². The summed E-state index contributed by atoms with van der Waals surface area (Å²) in [7, 11) is -3.89. The highest BCUT2D eigenvalue weighted by molar-refractivity contribution is 7.89. The molecule has 0 aliphatic carbocycles. The number of nitrogens with zero attached hydrogens (tertiary/aromatic N) is 2. The van der Waals surface area contributed by atoms with Crippen molar-refractivity contribution in [3.05, 3.63) is 56.6 Å². The van der Waals surface area contributed by atoms with Crippen LogP contribution in [0.5, 0.6) is 5.75 Å². The number of ether oxygens (including phenoxy) is 1. The smallest absolute Gasteiger partial charge is 0.312 e. The van der Waals surface area contributed by atoms with Crippen molar-refractivity contribution in [1.29, 1.82) is 0 Å². The normalized spacial score (nSPS) is 11.4. The third-order valence-corrected chi connectivity index (χ3v) is 6.46. The molecule has 0 atom stereocenters. The standard InChI is InChI=1S/C18H19Cl2N3O6S/c1-3-22(4-2)30(27,28)15-5-6-17(16(10-15)23(25)26)29-11-18(24)21-14-8-12(19)7-13(20)9-14/h5-10H,3-4,11H2,1-2H3,(H,21,24). The van der Waals surface area contributed by atoms with E-state index in [1.54, 1.807) is 13.8 Å². The summed E-state index contributed by atoms with van der Waals surface area (Å²) in [6.07, 6.45) is 0. The maximum atomic E-state index is 12.6. The van der Waals surface area contributed by atoms with Gasteiger partial charge in [-0.3, -0.25) is 14.9 Å². The lowest BCUT2D eigenvalue weighted by atomic mass is 10.3. The van der Waals surface area contributed by atoms with E-state index >= 15 is 0 Å². The average Bonchev–Trinajstić information content (AvgIpc) is 2.66. The van der Waals surface area contributed by atoms with E-state index in [0.29, 0.717) is 15.7 Å². The lowest BCUT2D eigenvalue weighted by Crippen LogP contribution is -2.30. The highest BCUT2D eigenvalue weighted by atomic mass is 35.5. The zero-order valence-electron chi connectivity index (χ0n) is 16.1. The van der Waals surface area contributed by atoms with Gasteiger partial charge in [-0.05, 0) is 30.3 Å². The molecule has 0 saturated heterocycles. The van der Waals surface area contributed by atoms with Crippen molar-refractivity contribution in [1.82, 2.24) is 4.31 Å². The van der Waals surface area contributed by atoms with Crippen molar-refractivity contribution < 1.29 is 22.9 Å². The molecule has 0 saturated carbocycles. The van der Waals surface area contributed by atoms with Gasteiger partial charge in [0, 0.05) is 34.9 Å². The number of anilines is 1. The maximum Gasteiger partial charge on any atom is 0.312 e. The number of carbonyl (C=O) groups is 1. The van der Waals surface area contributed by atoms with E-state index in [0.717, 1.165) is 12.1 Å². The molecule has 12 heteroatoms. The van der Waals surface area contributed by atoms with Crippen molar-refractivity contribution in [2.24, 2.45) is 0 Å². The van der Waals surface area contributed by atoms with E-state index < -0.39 is 33.1 Å². The van der Waals surface area contributed by atoms with Gasteiger partial charge in [0.25, 0.3) is 5.91 Å². The molecule has 2 aromatic carbocycles. The Balaban J connectivity index is 2.19. The largest absolute Gasteiger partial charge is 0.477 e. The van der Waals surface area contributed by atoms with E-state index in [2.05, 4.69) is 5.32 Å². The topological polar surface area (TPSA) is 119 Å². The number of hydrogen-bond donors (Lipinski definition) is 1. The predicted octanol–water partition coefficient (Wildman–Crippen LogP) is 3.95. The van der Waals surface area contributed by atoms with Crippen LogP contribution >= 0.6 is 23.2 Å². The molecule has 0 heterocycles. The third-order valence-electron chi connectivity index (χ3n) is 3.98. The minimum absolute atomic E-state index is 0.221. The fourth-order valence-electron chi connectivity index (χ4n) is 2.60. The molecule has 9 nitrogen and oxygen atoms in total. The maximum absolute atomic E-state index is 12.6. The van der Waals surface area contributed by atoms with Crippen molar-refractivity contribution in [3.63, 3.8) is 0 Å². The van der Waals surface area contributed by atoms with Gasteiger partial charge in [-0.1, -0.05) is 37.0 Å². The minimum atomic E-state index is -3.89. The van der Waals surface area contributed by atoms with Crippen LogP contribution < -0.4 is 10.1 Å². The van der Waals surface area contributed by atoms with E-state index in [1.807, 2.05) is 0 Å². The Morgan fingerprint density at radius 1 is 1.13 bits per heavy atom. The van der Waals surface area contributed by atoms with Crippen molar-refractivity contribution in [3.8, 4) is 5.75 Å². The molecule has 2 rings (SSSR count). The van der Waals surface area contributed by atoms with Gasteiger partial charge in [0.1, 0.15) is 0 Å². The van der Waals surface area contributed by atoms with Crippen LogP contribution in [0.4, 0.5) is 11.4 Å². The van der Waals surface area contributed by atoms with Crippen molar-refractivity contribution in [2.75, 3.05) is 25.0 Å². The minimum Gasteiger partial charge on any atom is -0.477 e. The Hall–Kier alpha value is -2.40. The quantitative estimate of drug-likeness (QED) is 0.433. The molecule has 0 fully saturated rings. The van der Waals surface area contributed by atoms with Gasteiger partial charge < -0.3 is 10.1 Å². The number of benzene rings is 2. The Bertz CT molecular complexity index is 1040. The number of sulfonamides is 1. The van der Waals surface area contributed by atoms with Crippen LogP contribution in [0.3, 0.4) is 0 Å². The fourth-order valence-corrected chi connectivity index (χ4v) is 4.61. The summed E-state index contributed by atoms with van der Waals surface area (Å²) in [6, 6.07) is 7.70. The number of hydrogen-bond acceptors (Lipinski definition) is 6. The van der Waals surface area contributed by atoms with Crippen LogP contribution in [-0.2, 0) is 14.8 Å². The van der Waals surface area contributed by atoms with Crippen LogP contribution in [0.1, 0.15) is 13.8 Å². The highest BCUT2D eigenvalue weighted by Crippen LogP contribution is 2.31. The molecule has 30 heavy (non-hydrogen) atoms. The summed E-state index contributed by atoms with van der Waals surface area (Å²) in [5, 5.41) is 14.5. The van der Waals surface area contributed by atoms with Crippen LogP contribution in [0.15, 0.2) is 41.3 Å². The Morgan fingerprint density at radius 3 is 2.27 bits per heavy atom. The lowest BCUT2D eigenvalue weighted by molar-refractivity contribution is -0.386. The number of rotatable bonds is 9. The second-order valence-electron chi connectivity index (χ2n) is 5.97. The molecule has 0 unspecified atom stereocenters. The number of halogens is 2. The second kappa shape index (κ2) is 10.1. The first-order valence-electron chi connectivity index (χ1n) is 8.75. The molecule has 2 aromatic rings. The number of nitro groups is 1. The van der Waals surface area contributed by atoms with Crippen LogP contribution in [0.2, 0.25) is 10.0 Å². The van der Waals surface area contributed by atoms with Gasteiger partial charge in [-0.15, -0.1) is 0 Å². The average molecular weight is 476 g/mol. The van der Waals surface area contributed by atoms with E-state index in [-0.39, 0.29) is 23.7 Å². The summed E-state index contributed by atoms with van der Waals surface area (Å²) in [5.74, 6) is -0.847. The molecular formula is C18H19Cl2N3O6S. The number of nitrogens with one attached hydrogen (secondary N) is 1. The summed E-state index contributed by atoms with van der Waals surface area (Å²) in [5.41, 5.74) is -0.238. The molecule has 0 aromatic heterocycles. The van der Waals surface area contributed by atoms with E-state index in [1.165, 1.54) is 28.6 Å². The lowest BCUT2D eigenvalue weighted by Gasteiger charge is -2.18. The Labute approximate surface area is 183 Å². The fraction of sp³-hybridized carbons (Fsp3) is 0.278. The molecule has 162 valence electrons.